The Labute approximate surface area is 114 Å². The van der Waals surface area contributed by atoms with Gasteiger partial charge in [-0.1, -0.05) is 17.7 Å². The first-order valence-corrected chi connectivity index (χ1v) is 7.00. The molecule has 1 aliphatic rings. The monoisotopic (exact) mass is 268 g/mol. The van der Waals surface area contributed by atoms with E-state index < -0.39 is 6.10 Å². The van der Waals surface area contributed by atoms with E-state index in [-0.39, 0.29) is 0 Å². The van der Waals surface area contributed by atoms with Gasteiger partial charge >= 0.3 is 0 Å². The molecule has 0 spiro atoms. The van der Waals surface area contributed by atoms with Gasteiger partial charge < -0.3 is 10.0 Å². The summed E-state index contributed by atoms with van der Waals surface area (Å²) in [4.78, 5) is 4.67. The van der Waals surface area contributed by atoms with E-state index in [0.29, 0.717) is 12.4 Å². The summed E-state index contributed by atoms with van der Waals surface area (Å²) in [5, 5.41) is 9.54. The molecule has 18 heavy (non-hydrogen) atoms. The quantitative estimate of drug-likeness (QED) is 0.843. The number of hydrogen-bond acceptors (Lipinski definition) is 3. The number of aliphatic hydroxyl groups excluding tert-OH is 1. The summed E-state index contributed by atoms with van der Waals surface area (Å²) in [6.07, 6.45) is -0.405. The third kappa shape index (κ3) is 3.61. The molecule has 0 bridgehead atoms. The number of rotatable bonds is 4. The number of nitrogens with zero attached hydrogens (tertiary/aromatic N) is 2. The van der Waals surface area contributed by atoms with Crippen LogP contribution in [0.1, 0.15) is 5.56 Å². The van der Waals surface area contributed by atoms with Gasteiger partial charge in [-0.05, 0) is 19.1 Å². The van der Waals surface area contributed by atoms with Crippen LogP contribution in [0.25, 0.3) is 0 Å². The summed E-state index contributed by atoms with van der Waals surface area (Å²) < 4.78 is 0. The Bertz CT molecular complexity index is 361. The molecule has 1 unspecified atom stereocenters. The highest BCUT2D eigenvalue weighted by Gasteiger charge is 2.18. The molecule has 1 aromatic carbocycles. The Morgan fingerprint density at radius 3 is 2.33 bits per heavy atom. The standard InChI is InChI=1S/C14H21ClN2O/c1-12-2-4-13(5-3-12)17-8-6-16(7-9-17)11-14(18)10-15/h2-5,14,18H,6-11H2,1H3. The summed E-state index contributed by atoms with van der Waals surface area (Å²) in [6, 6.07) is 8.66. The maximum absolute atomic E-state index is 9.54. The molecule has 1 aliphatic heterocycles. The zero-order chi connectivity index (χ0) is 13.0. The number of benzene rings is 1. The zero-order valence-corrected chi connectivity index (χ0v) is 11.6. The van der Waals surface area contributed by atoms with Gasteiger partial charge in [0.15, 0.2) is 0 Å². The normalized spacial score (nSPS) is 18.9. The molecule has 1 heterocycles. The third-order valence-corrected chi connectivity index (χ3v) is 3.77. The number of alkyl halides is 1. The van der Waals surface area contributed by atoms with Crippen LogP contribution in [0.2, 0.25) is 0 Å². The Morgan fingerprint density at radius 2 is 1.78 bits per heavy atom. The van der Waals surface area contributed by atoms with Gasteiger partial charge in [0.1, 0.15) is 0 Å². The van der Waals surface area contributed by atoms with Gasteiger partial charge in [-0.2, -0.15) is 0 Å². The number of β-amino-alcohol motifs (C(OH)–C–C–N with tert-alkyl or cyclic N) is 1. The first-order chi connectivity index (χ1) is 8.69. The predicted octanol–water partition coefficient (Wildman–Crippen LogP) is 1.72. The smallest absolute Gasteiger partial charge is 0.0802 e. The van der Waals surface area contributed by atoms with Crippen molar-refractivity contribution in [3.8, 4) is 0 Å². The van der Waals surface area contributed by atoms with Crippen LogP contribution in [0.5, 0.6) is 0 Å². The molecule has 0 aromatic heterocycles. The molecular formula is C14H21ClN2O. The zero-order valence-electron chi connectivity index (χ0n) is 10.8. The Kier molecular flexibility index (Phi) is 4.87. The molecule has 1 atom stereocenters. The minimum Gasteiger partial charge on any atom is -0.391 e. The summed E-state index contributed by atoms with van der Waals surface area (Å²) in [6.45, 7) is 6.79. The molecule has 2 rings (SSSR count). The van der Waals surface area contributed by atoms with Crippen molar-refractivity contribution in [2.24, 2.45) is 0 Å². The number of piperazine rings is 1. The first kappa shape index (κ1) is 13.7. The van der Waals surface area contributed by atoms with Gasteiger partial charge in [-0.3, -0.25) is 4.90 Å². The van der Waals surface area contributed by atoms with E-state index in [4.69, 9.17) is 11.6 Å². The minimum absolute atomic E-state index is 0.318. The summed E-state index contributed by atoms with van der Waals surface area (Å²) in [5.74, 6) is 0.318. The van der Waals surface area contributed by atoms with Crippen LogP contribution in [0.4, 0.5) is 5.69 Å². The van der Waals surface area contributed by atoms with Crippen molar-refractivity contribution >= 4 is 17.3 Å². The number of halogens is 1. The minimum atomic E-state index is -0.405. The van der Waals surface area contributed by atoms with Crippen molar-refractivity contribution in [1.82, 2.24) is 4.90 Å². The lowest BCUT2D eigenvalue weighted by Gasteiger charge is -2.36. The molecule has 1 saturated heterocycles. The van der Waals surface area contributed by atoms with E-state index in [9.17, 15) is 5.11 Å². The second kappa shape index (κ2) is 6.41. The van der Waals surface area contributed by atoms with Crippen molar-refractivity contribution in [3.05, 3.63) is 29.8 Å². The Morgan fingerprint density at radius 1 is 1.17 bits per heavy atom. The highest BCUT2D eigenvalue weighted by molar-refractivity contribution is 6.18. The SMILES string of the molecule is Cc1ccc(N2CCN(CC(O)CCl)CC2)cc1. The fourth-order valence-electron chi connectivity index (χ4n) is 2.29. The molecule has 4 heteroatoms. The molecule has 0 saturated carbocycles. The van der Waals surface area contributed by atoms with Crippen molar-refractivity contribution in [2.75, 3.05) is 43.5 Å². The van der Waals surface area contributed by atoms with Crippen LogP contribution in [0, 0.1) is 6.92 Å². The van der Waals surface area contributed by atoms with Gasteiger partial charge in [0.25, 0.3) is 0 Å². The maximum atomic E-state index is 9.54. The van der Waals surface area contributed by atoms with Crippen molar-refractivity contribution < 1.29 is 5.11 Å². The topological polar surface area (TPSA) is 26.7 Å². The van der Waals surface area contributed by atoms with E-state index >= 15 is 0 Å². The molecule has 1 fully saturated rings. The lowest BCUT2D eigenvalue weighted by molar-refractivity contribution is 0.125. The highest BCUT2D eigenvalue weighted by atomic mass is 35.5. The van der Waals surface area contributed by atoms with Gasteiger partial charge in [0.2, 0.25) is 0 Å². The highest BCUT2D eigenvalue weighted by Crippen LogP contribution is 2.17. The largest absolute Gasteiger partial charge is 0.391 e. The maximum Gasteiger partial charge on any atom is 0.0802 e. The van der Waals surface area contributed by atoms with Crippen LogP contribution in [0.3, 0.4) is 0 Å². The Balaban J connectivity index is 1.84. The van der Waals surface area contributed by atoms with Crippen molar-refractivity contribution in [1.29, 1.82) is 0 Å². The van der Waals surface area contributed by atoms with Gasteiger partial charge in [-0.25, -0.2) is 0 Å². The molecule has 0 radical (unpaired) electrons. The average Bonchev–Trinajstić information content (AvgIpc) is 2.40. The summed E-state index contributed by atoms with van der Waals surface area (Å²) in [7, 11) is 0. The number of aliphatic hydroxyl groups is 1. The van der Waals surface area contributed by atoms with E-state index in [0.717, 1.165) is 26.2 Å². The number of aryl methyl sites for hydroxylation is 1. The van der Waals surface area contributed by atoms with Crippen LogP contribution >= 0.6 is 11.6 Å². The lowest BCUT2D eigenvalue weighted by atomic mass is 10.2. The molecule has 100 valence electrons. The van der Waals surface area contributed by atoms with E-state index in [1.54, 1.807) is 0 Å². The molecule has 0 amide bonds. The molecule has 1 aromatic rings. The van der Waals surface area contributed by atoms with Crippen LogP contribution in [0.15, 0.2) is 24.3 Å². The van der Waals surface area contributed by atoms with Gasteiger partial charge in [0.05, 0.1) is 6.10 Å². The second-order valence-corrected chi connectivity index (χ2v) is 5.24. The fraction of sp³-hybridized carbons (Fsp3) is 0.571. The molecule has 1 N–H and O–H groups in total. The molecular weight excluding hydrogens is 248 g/mol. The predicted molar refractivity (Wildman–Crippen MR) is 76.6 cm³/mol. The van der Waals surface area contributed by atoms with Gasteiger partial charge in [0, 0.05) is 44.3 Å². The molecule has 0 aliphatic carbocycles. The first-order valence-electron chi connectivity index (χ1n) is 6.47. The van der Waals surface area contributed by atoms with E-state index in [2.05, 4.69) is 41.0 Å². The summed E-state index contributed by atoms with van der Waals surface area (Å²) >= 11 is 5.62. The average molecular weight is 269 g/mol. The number of hydrogen-bond donors (Lipinski definition) is 1. The second-order valence-electron chi connectivity index (χ2n) is 4.93. The van der Waals surface area contributed by atoms with E-state index in [1.165, 1.54) is 11.3 Å². The van der Waals surface area contributed by atoms with Gasteiger partial charge in [-0.15, -0.1) is 11.6 Å². The fourth-order valence-corrected chi connectivity index (χ4v) is 2.39. The number of anilines is 1. The summed E-state index contributed by atoms with van der Waals surface area (Å²) in [5.41, 5.74) is 2.58. The van der Waals surface area contributed by atoms with Crippen molar-refractivity contribution in [3.63, 3.8) is 0 Å². The lowest BCUT2D eigenvalue weighted by Crippen LogP contribution is -2.48. The third-order valence-electron chi connectivity index (χ3n) is 3.42. The van der Waals surface area contributed by atoms with E-state index in [1.807, 2.05) is 0 Å². The van der Waals surface area contributed by atoms with Crippen LogP contribution in [-0.2, 0) is 0 Å². The van der Waals surface area contributed by atoms with Crippen LogP contribution < -0.4 is 4.90 Å². The molecule has 3 nitrogen and oxygen atoms in total. The Hall–Kier alpha value is -0.770. The van der Waals surface area contributed by atoms with Crippen molar-refractivity contribution in [2.45, 2.75) is 13.0 Å². The van der Waals surface area contributed by atoms with Crippen LogP contribution in [-0.4, -0.2) is 54.7 Å².